The van der Waals surface area contributed by atoms with Crippen molar-refractivity contribution in [2.24, 2.45) is 0 Å². The number of carbonyl (C=O) groups is 3. The van der Waals surface area contributed by atoms with Gasteiger partial charge in [-0.25, -0.2) is 23.9 Å². The van der Waals surface area contributed by atoms with Gasteiger partial charge in [-0.3, -0.25) is 4.79 Å². The van der Waals surface area contributed by atoms with Crippen molar-refractivity contribution in [3.63, 3.8) is 0 Å². The van der Waals surface area contributed by atoms with Crippen molar-refractivity contribution in [2.45, 2.75) is 59.1 Å². The summed E-state index contributed by atoms with van der Waals surface area (Å²) in [6, 6.07) is 3.32. The lowest BCUT2D eigenvalue weighted by Crippen LogP contribution is -2.50. The first kappa shape index (κ1) is 29.3. The minimum atomic E-state index is -1.17. The van der Waals surface area contributed by atoms with Crippen molar-refractivity contribution in [3.05, 3.63) is 46.5 Å². The third-order valence-electron chi connectivity index (χ3n) is 5.10. The number of rotatable bonds is 10. The molecule has 0 aliphatic rings. The van der Waals surface area contributed by atoms with Gasteiger partial charge in [-0.2, -0.15) is 0 Å². The van der Waals surface area contributed by atoms with E-state index in [1.807, 2.05) is 0 Å². The lowest BCUT2D eigenvalue weighted by Gasteiger charge is -2.22. The molecule has 0 aliphatic heterocycles. The Balaban J connectivity index is 2.00. The van der Waals surface area contributed by atoms with Crippen molar-refractivity contribution in [1.82, 2.24) is 20.6 Å². The number of nitrogens with zero attached hydrogens (tertiary/aromatic N) is 2. The number of alkyl carbamates (subject to hydrolysis) is 1. The number of halogens is 1. The predicted molar refractivity (Wildman–Crippen MR) is 134 cm³/mol. The number of phenolic OH excluding ortho intramolecular Hbond substituents is 1. The van der Waals surface area contributed by atoms with Gasteiger partial charge in [-0.05, 0) is 59.1 Å². The van der Waals surface area contributed by atoms with Crippen molar-refractivity contribution in [2.75, 3.05) is 25.5 Å². The molecule has 0 spiro atoms. The van der Waals surface area contributed by atoms with Gasteiger partial charge in [-0.1, -0.05) is 12.1 Å². The highest BCUT2D eigenvalue weighted by Crippen LogP contribution is 2.20. The first-order chi connectivity index (χ1) is 17.3. The van der Waals surface area contributed by atoms with Crippen LogP contribution in [0.5, 0.6) is 5.75 Å². The molecule has 0 fully saturated rings. The molecule has 0 saturated heterocycles. The number of carbonyl (C=O) groups excluding carboxylic acids is 3. The van der Waals surface area contributed by atoms with Gasteiger partial charge in [0.15, 0.2) is 11.6 Å². The number of aryl methyl sites for hydroxylation is 3. The third-order valence-corrected chi connectivity index (χ3v) is 5.10. The van der Waals surface area contributed by atoms with E-state index >= 15 is 0 Å². The van der Waals surface area contributed by atoms with Crippen LogP contribution >= 0.6 is 0 Å². The number of aromatic hydroxyl groups is 1. The van der Waals surface area contributed by atoms with Crippen molar-refractivity contribution >= 4 is 23.9 Å². The Hall–Kier alpha value is -3.96. The lowest BCUT2D eigenvalue weighted by molar-refractivity contribution is -0.142. The van der Waals surface area contributed by atoms with Crippen LogP contribution in [0.3, 0.4) is 0 Å². The van der Waals surface area contributed by atoms with Crippen LogP contribution in [0.4, 0.5) is 15.1 Å². The highest BCUT2D eigenvalue weighted by atomic mass is 19.1. The van der Waals surface area contributed by atoms with Gasteiger partial charge in [-0.15, -0.1) is 0 Å². The van der Waals surface area contributed by atoms with Crippen LogP contribution in [-0.4, -0.2) is 64.9 Å². The average Bonchev–Trinajstić information content (AvgIpc) is 2.80. The van der Waals surface area contributed by atoms with Gasteiger partial charge in [0.1, 0.15) is 11.6 Å². The molecule has 0 saturated carbocycles. The fraction of sp³-hybridized carbons (Fsp3) is 0.480. The zero-order chi connectivity index (χ0) is 27.8. The smallest absolute Gasteiger partial charge is 0.407 e. The molecule has 11 nitrogen and oxygen atoms in total. The van der Waals surface area contributed by atoms with Gasteiger partial charge in [0, 0.05) is 6.54 Å². The molecule has 4 N–H and O–H groups in total. The molecule has 0 aliphatic carbocycles. The highest BCUT2D eigenvalue weighted by Gasteiger charge is 2.26. The van der Waals surface area contributed by atoms with Crippen molar-refractivity contribution < 1.29 is 33.4 Å². The third kappa shape index (κ3) is 8.89. The van der Waals surface area contributed by atoms with E-state index in [1.165, 1.54) is 13.2 Å². The molecule has 202 valence electrons. The molecule has 2 rings (SSSR count). The van der Waals surface area contributed by atoms with Crippen molar-refractivity contribution in [1.29, 1.82) is 0 Å². The molecule has 2 aromatic rings. The number of benzene rings is 1. The van der Waals surface area contributed by atoms with Gasteiger partial charge in [0.25, 0.3) is 5.91 Å². The summed E-state index contributed by atoms with van der Waals surface area (Å²) >= 11 is 0. The normalized spacial score (nSPS) is 11.9. The SMILES string of the molecule is COC(=O)C(CNC(=O)OC(C)(C)C)NC(=O)c1c(C)nc(NCCCc2cccc(O)c2F)nc1C. The Morgan fingerprint density at radius 2 is 1.78 bits per heavy atom. The number of amides is 2. The van der Waals surface area contributed by atoms with E-state index in [2.05, 4.69) is 25.9 Å². The molecule has 1 aromatic heterocycles. The summed E-state index contributed by atoms with van der Waals surface area (Å²) in [5, 5.41) is 17.5. The quantitative estimate of drug-likeness (QED) is 0.274. The molecule has 0 radical (unpaired) electrons. The van der Waals surface area contributed by atoms with Crippen LogP contribution in [0.25, 0.3) is 0 Å². The average molecular weight is 520 g/mol. The Bertz CT molecular complexity index is 1110. The molecule has 37 heavy (non-hydrogen) atoms. The molecular weight excluding hydrogens is 485 g/mol. The van der Waals surface area contributed by atoms with Gasteiger partial charge in [0.05, 0.1) is 30.6 Å². The predicted octanol–water partition coefficient (Wildman–Crippen LogP) is 2.78. The van der Waals surface area contributed by atoms with Crippen molar-refractivity contribution in [3.8, 4) is 5.75 Å². The first-order valence-electron chi connectivity index (χ1n) is 11.7. The fourth-order valence-electron chi connectivity index (χ4n) is 3.43. The molecule has 1 unspecified atom stereocenters. The van der Waals surface area contributed by atoms with Crippen LogP contribution in [0.2, 0.25) is 0 Å². The van der Waals surface area contributed by atoms with Gasteiger partial charge >= 0.3 is 12.1 Å². The van der Waals surface area contributed by atoms with E-state index in [9.17, 15) is 23.9 Å². The lowest BCUT2D eigenvalue weighted by atomic mass is 10.1. The van der Waals surface area contributed by atoms with E-state index in [-0.39, 0.29) is 17.9 Å². The highest BCUT2D eigenvalue weighted by molar-refractivity contribution is 5.98. The minimum absolute atomic E-state index is 0.179. The summed E-state index contributed by atoms with van der Waals surface area (Å²) in [5.41, 5.74) is 0.600. The second kappa shape index (κ2) is 12.8. The van der Waals surface area contributed by atoms with Crippen LogP contribution in [-0.2, 0) is 20.7 Å². The number of anilines is 1. The number of methoxy groups -OCH3 is 1. The molecule has 1 aromatic carbocycles. The maximum Gasteiger partial charge on any atom is 0.407 e. The van der Waals surface area contributed by atoms with Crippen LogP contribution < -0.4 is 16.0 Å². The number of esters is 1. The zero-order valence-electron chi connectivity index (χ0n) is 21.9. The summed E-state index contributed by atoms with van der Waals surface area (Å²) < 4.78 is 23.8. The van der Waals surface area contributed by atoms with Gasteiger partial charge in [0.2, 0.25) is 5.95 Å². The molecule has 1 heterocycles. The topological polar surface area (TPSA) is 152 Å². The Morgan fingerprint density at radius 3 is 2.38 bits per heavy atom. The van der Waals surface area contributed by atoms with Gasteiger partial charge < -0.3 is 30.5 Å². The maximum atomic E-state index is 13.9. The van der Waals surface area contributed by atoms with E-state index < -0.39 is 35.4 Å². The first-order valence-corrected chi connectivity index (χ1v) is 11.7. The van der Waals surface area contributed by atoms with E-state index in [1.54, 1.807) is 46.8 Å². The number of hydrogen-bond acceptors (Lipinski definition) is 9. The number of ether oxygens (including phenoxy) is 2. The Labute approximate surface area is 215 Å². The number of hydrogen-bond donors (Lipinski definition) is 4. The number of aromatic nitrogens is 2. The molecule has 1 atom stereocenters. The van der Waals surface area contributed by atoms with E-state index in [0.29, 0.717) is 42.3 Å². The van der Waals surface area contributed by atoms with Crippen LogP contribution in [0.1, 0.15) is 54.5 Å². The number of phenols is 1. The minimum Gasteiger partial charge on any atom is -0.505 e. The fourth-order valence-corrected chi connectivity index (χ4v) is 3.43. The largest absolute Gasteiger partial charge is 0.505 e. The van der Waals surface area contributed by atoms with E-state index in [4.69, 9.17) is 9.47 Å². The Morgan fingerprint density at radius 1 is 1.14 bits per heavy atom. The maximum absolute atomic E-state index is 13.9. The molecule has 0 bridgehead atoms. The molecule has 2 amide bonds. The Kier molecular flexibility index (Phi) is 10.2. The van der Waals surface area contributed by atoms with Crippen LogP contribution in [0.15, 0.2) is 18.2 Å². The summed E-state index contributed by atoms with van der Waals surface area (Å²) in [5.74, 6) is -2.08. The second-order valence-electron chi connectivity index (χ2n) is 9.31. The summed E-state index contributed by atoms with van der Waals surface area (Å²) in [4.78, 5) is 45.7. The summed E-state index contributed by atoms with van der Waals surface area (Å²) in [7, 11) is 1.17. The summed E-state index contributed by atoms with van der Waals surface area (Å²) in [6.45, 7) is 8.54. The second-order valence-corrected chi connectivity index (χ2v) is 9.31. The van der Waals surface area contributed by atoms with E-state index in [0.717, 1.165) is 0 Å². The number of nitrogens with one attached hydrogen (secondary N) is 3. The zero-order valence-corrected chi connectivity index (χ0v) is 21.9. The molecular formula is C25H34FN5O6. The standard InChI is InChI=1S/C25H34FN5O6/c1-14-19(21(33)31-17(22(34)36-6)13-28-24(35)37-25(3,4)5)15(2)30-23(29-14)27-12-8-10-16-9-7-11-18(32)20(16)26/h7,9,11,17,32H,8,10,12-13H2,1-6H3,(H,28,35)(H,31,33)(H,27,29,30). The summed E-state index contributed by atoms with van der Waals surface area (Å²) in [6.07, 6.45) is 0.210. The molecule has 12 heteroatoms. The van der Waals surface area contributed by atoms with Crippen LogP contribution in [0, 0.1) is 19.7 Å². The monoisotopic (exact) mass is 519 g/mol.